The Morgan fingerprint density at radius 3 is 2.23 bits per heavy atom. The minimum atomic E-state index is -5.40. The van der Waals surface area contributed by atoms with Crippen LogP contribution in [0.4, 0.5) is 31.1 Å². The zero-order valence-corrected chi connectivity index (χ0v) is 11.5. The van der Waals surface area contributed by atoms with Crippen LogP contribution in [0.2, 0.25) is 0 Å². The predicted molar refractivity (Wildman–Crippen MR) is 62.9 cm³/mol. The van der Waals surface area contributed by atoms with Gasteiger partial charge in [-0.3, -0.25) is 0 Å². The molecule has 1 saturated heterocycles. The second-order valence-electron chi connectivity index (χ2n) is 5.72. The Hall–Kier alpha value is -1.19. The molecule has 2 rings (SSSR count). The number of aliphatic hydroxyl groups is 1. The zero-order chi connectivity index (χ0) is 16.8. The summed E-state index contributed by atoms with van der Waals surface area (Å²) in [6.07, 6.45) is -11.2. The number of rotatable bonds is 3. The van der Waals surface area contributed by atoms with Crippen LogP contribution >= 0.6 is 0 Å². The van der Waals surface area contributed by atoms with Gasteiger partial charge in [0, 0.05) is 13.1 Å². The monoisotopic (exact) mass is 334 g/mol. The highest BCUT2D eigenvalue weighted by atomic mass is 19.4. The maximum absolute atomic E-state index is 12.3. The normalized spacial score (nSPS) is 24.2. The second-order valence-corrected chi connectivity index (χ2v) is 5.72. The van der Waals surface area contributed by atoms with Crippen LogP contribution in [-0.4, -0.2) is 53.1 Å². The Morgan fingerprint density at radius 2 is 1.77 bits per heavy atom. The van der Waals surface area contributed by atoms with Crippen molar-refractivity contribution >= 4 is 6.03 Å². The molecule has 1 heterocycles. The van der Waals surface area contributed by atoms with Gasteiger partial charge < -0.3 is 15.3 Å². The van der Waals surface area contributed by atoms with Crippen LogP contribution in [0.3, 0.4) is 0 Å². The van der Waals surface area contributed by atoms with Gasteiger partial charge in [-0.2, -0.15) is 26.3 Å². The van der Waals surface area contributed by atoms with Crippen molar-refractivity contribution in [3.63, 3.8) is 0 Å². The van der Waals surface area contributed by atoms with Crippen LogP contribution in [0.15, 0.2) is 0 Å². The van der Waals surface area contributed by atoms with E-state index in [4.69, 9.17) is 0 Å². The molecule has 2 N–H and O–H groups in total. The topological polar surface area (TPSA) is 52.6 Å². The zero-order valence-electron chi connectivity index (χ0n) is 11.5. The van der Waals surface area contributed by atoms with Crippen molar-refractivity contribution in [1.82, 2.24) is 10.2 Å². The van der Waals surface area contributed by atoms with Gasteiger partial charge >= 0.3 is 18.4 Å². The maximum atomic E-state index is 12.3. The first-order chi connectivity index (χ1) is 9.98. The van der Waals surface area contributed by atoms with Gasteiger partial charge in [0.15, 0.2) is 5.92 Å². The summed E-state index contributed by atoms with van der Waals surface area (Å²) in [4.78, 5) is 13.2. The van der Waals surface area contributed by atoms with Crippen molar-refractivity contribution in [2.75, 3.05) is 13.1 Å². The molecule has 22 heavy (non-hydrogen) atoms. The molecule has 0 radical (unpaired) electrons. The quantitative estimate of drug-likeness (QED) is 0.779. The van der Waals surface area contributed by atoms with Gasteiger partial charge in [0.1, 0.15) is 0 Å². The second kappa shape index (κ2) is 5.47. The van der Waals surface area contributed by atoms with E-state index in [0.29, 0.717) is 19.3 Å². The number of halogens is 6. The third kappa shape index (κ3) is 3.26. The number of hydrogen-bond donors (Lipinski definition) is 2. The lowest BCUT2D eigenvalue weighted by Gasteiger charge is -2.27. The third-order valence-electron chi connectivity index (χ3n) is 4.29. The van der Waals surface area contributed by atoms with Crippen molar-refractivity contribution in [3.8, 4) is 0 Å². The highest BCUT2D eigenvalue weighted by molar-refractivity contribution is 5.76. The van der Waals surface area contributed by atoms with Gasteiger partial charge in [-0.15, -0.1) is 0 Å². The van der Waals surface area contributed by atoms with E-state index in [1.54, 1.807) is 0 Å². The molecular formula is C12H16F6N2O2. The Morgan fingerprint density at radius 1 is 1.23 bits per heavy atom. The van der Waals surface area contributed by atoms with E-state index in [9.17, 15) is 36.2 Å². The Kier molecular flexibility index (Phi) is 4.27. The summed E-state index contributed by atoms with van der Waals surface area (Å²) in [6, 6.07) is -0.725. The van der Waals surface area contributed by atoms with Gasteiger partial charge in [0.25, 0.3) is 0 Å². The largest absolute Gasteiger partial charge is 0.400 e. The average molecular weight is 334 g/mol. The van der Waals surface area contributed by atoms with Crippen LogP contribution in [0.1, 0.15) is 25.7 Å². The molecule has 0 aromatic carbocycles. The molecule has 0 aromatic heterocycles. The van der Waals surface area contributed by atoms with E-state index in [0.717, 1.165) is 0 Å². The summed E-state index contributed by atoms with van der Waals surface area (Å²) in [5.41, 5.74) is -0.669. The number of nitrogens with zero attached hydrogens (tertiary/aromatic N) is 1. The van der Waals surface area contributed by atoms with Gasteiger partial charge in [0.05, 0.1) is 11.6 Å². The van der Waals surface area contributed by atoms with E-state index in [-0.39, 0.29) is 6.54 Å². The van der Waals surface area contributed by atoms with E-state index >= 15 is 0 Å². The van der Waals surface area contributed by atoms with Crippen molar-refractivity contribution in [3.05, 3.63) is 0 Å². The van der Waals surface area contributed by atoms with Crippen molar-refractivity contribution in [2.24, 2.45) is 5.92 Å². The molecule has 1 spiro atoms. The van der Waals surface area contributed by atoms with E-state index < -0.39 is 48.9 Å². The fourth-order valence-electron chi connectivity index (χ4n) is 2.89. The summed E-state index contributed by atoms with van der Waals surface area (Å²) in [6.45, 7) is -0.486. The molecule has 4 nitrogen and oxygen atoms in total. The van der Waals surface area contributed by atoms with Crippen LogP contribution in [0.25, 0.3) is 0 Å². The molecule has 1 atom stereocenters. The molecule has 10 heteroatoms. The number of likely N-dealkylation sites (tertiary alicyclic amines) is 1. The first-order valence-electron chi connectivity index (χ1n) is 6.85. The summed E-state index contributed by atoms with van der Waals surface area (Å²) in [5.74, 6) is -3.46. The Balaban J connectivity index is 1.87. The van der Waals surface area contributed by atoms with E-state index in [2.05, 4.69) is 5.32 Å². The van der Waals surface area contributed by atoms with Crippen LogP contribution in [0, 0.1) is 5.92 Å². The summed E-state index contributed by atoms with van der Waals surface area (Å²) in [5, 5.41) is 11.8. The molecule has 1 aliphatic carbocycles. The molecule has 128 valence electrons. The summed E-state index contributed by atoms with van der Waals surface area (Å²) in [7, 11) is 0. The number of nitrogens with one attached hydrogen (secondary N) is 1. The van der Waals surface area contributed by atoms with E-state index in [1.807, 2.05) is 0 Å². The number of amides is 2. The molecule has 2 amide bonds. The standard InChI is InChI=1S/C12H16F6N2O2/c13-11(14,15)7(12(16,17)18)1-5-19-9(22)20-6-2-8(21)10(20)3-4-10/h7-8,21H,1-6H2,(H,19,22). The number of carbonyl (C=O) groups excluding carboxylic acids is 1. The van der Waals surface area contributed by atoms with Crippen molar-refractivity contribution < 1.29 is 36.2 Å². The molecular weight excluding hydrogens is 318 g/mol. The minimum Gasteiger partial charge on any atom is -0.391 e. The minimum absolute atomic E-state index is 0.245. The number of hydrogen-bond acceptors (Lipinski definition) is 2. The predicted octanol–water partition coefficient (Wildman–Crippen LogP) is 2.43. The lowest BCUT2D eigenvalue weighted by molar-refractivity contribution is -0.285. The van der Waals surface area contributed by atoms with Gasteiger partial charge in [0.2, 0.25) is 0 Å². The first-order valence-corrected chi connectivity index (χ1v) is 6.85. The van der Waals surface area contributed by atoms with Crippen LogP contribution in [-0.2, 0) is 0 Å². The number of urea groups is 1. The molecule has 2 fully saturated rings. The van der Waals surface area contributed by atoms with Gasteiger partial charge in [-0.1, -0.05) is 0 Å². The highest BCUT2D eigenvalue weighted by Gasteiger charge is 2.59. The Bertz CT molecular complexity index is 418. The fourth-order valence-corrected chi connectivity index (χ4v) is 2.89. The molecule has 2 aliphatic rings. The van der Waals surface area contributed by atoms with Crippen molar-refractivity contribution in [2.45, 2.75) is 49.7 Å². The molecule has 0 bridgehead atoms. The summed E-state index contributed by atoms with van der Waals surface area (Å²) >= 11 is 0. The SMILES string of the molecule is O=C(NCCC(C(F)(F)F)C(F)(F)F)N1CCC(O)C12CC2. The third-order valence-corrected chi connectivity index (χ3v) is 4.29. The average Bonchev–Trinajstić information content (AvgIpc) is 3.05. The van der Waals surface area contributed by atoms with Gasteiger partial charge in [-0.25, -0.2) is 4.79 Å². The smallest absolute Gasteiger partial charge is 0.391 e. The van der Waals surface area contributed by atoms with Crippen LogP contribution in [0.5, 0.6) is 0 Å². The highest BCUT2D eigenvalue weighted by Crippen LogP contribution is 2.49. The number of alkyl halides is 6. The first kappa shape index (κ1) is 17.2. The fraction of sp³-hybridized carbons (Fsp3) is 0.917. The van der Waals surface area contributed by atoms with E-state index in [1.165, 1.54) is 4.90 Å². The number of carbonyl (C=O) groups is 1. The molecule has 1 unspecified atom stereocenters. The molecule has 1 saturated carbocycles. The van der Waals surface area contributed by atoms with Crippen molar-refractivity contribution in [1.29, 1.82) is 0 Å². The Labute approximate surface area is 122 Å². The molecule has 0 aromatic rings. The molecule has 1 aliphatic heterocycles. The number of aliphatic hydroxyl groups excluding tert-OH is 1. The van der Waals surface area contributed by atoms with Gasteiger partial charge in [-0.05, 0) is 25.7 Å². The summed E-state index contributed by atoms with van der Waals surface area (Å²) < 4.78 is 74.1. The maximum Gasteiger partial charge on any atom is 0.400 e. The lowest BCUT2D eigenvalue weighted by Crippen LogP contribution is -2.48. The van der Waals surface area contributed by atoms with Crippen LogP contribution < -0.4 is 5.32 Å². The lowest BCUT2D eigenvalue weighted by atomic mass is 10.0.